The van der Waals surface area contributed by atoms with Gasteiger partial charge in [-0.1, -0.05) is 103 Å². The molecular weight excluding hydrogens is 320 g/mol. The summed E-state index contributed by atoms with van der Waals surface area (Å²) in [5.41, 5.74) is 1.25. The lowest BCUT2D eigenvalue weighted by atomic mass is 9.86. The molecule has 0 saturated heterocycles. The van der Waals surface area contributed by atoms with Gasteiger partial charge < -0.3 is 0 Å². The van der Waals surface area contributed by atoms with Crippen molar-refractivity contribution < 1.29 is 9.59 Å². The maximum Gasteiger partial charge on any atom is 0.166 e. The van der Waals surface area contributed by atoms with Crippen molar-refractivity contribution in [1.29, 1.82) is 0 Å². The van der Waals surface area contributed by atoms with Gasteiger partial charge in [0.2, 0.25) is 0 Å². The summed E-state index contributed by atoms with van der Waals surface area (Å²) in [5.74, 6) is 0.230. The zero-order chi connectivity index (χ0) is 19.4. The quantitative estimate of drug-likeness (QED) is 0.259. The molecule has 26 heavy (non-hydrogen) atoms. The number of Topliss-reactive ketones (excluding diaryl/α,β-unsaturated/α-hetero) is 2. The molecule has 0 aliphatic heterocycles. The highest BCUT2D eigenvalue weighted by atomic mass is 16.1. The molecule has 0 radical (unpaired) electrons. The van der Waals surface area contributed by atoms with Gasteiger partial charge in [-0.15, -0.1) is 0 Å². The van der Waals surface area contributed by atoms with Crippen LogP contribution in [-0.2, 0) is 0 Å². The van der Waals surface area contributed by atoms with Gasteiger partial charge in [-0.25, -0.2) is 0 Å². The van der Waals surface area contributed by atoms with Crippen molar-refractivity contribution in [3.05, 3.63) is 35.4 Å². The first-order valence-electron chi connectivity index (χ1n) is 10.7. The molecule has 0 aliphatic rings. The molecule has 2 unspecified atom stereocenters. The Hall–Kier alpha value is -1.44. The predicted molar refractivity (Wildman–Crippen MR) is 111 cm³/mol. The summed E-state index contributed by atoms with van der Waals surface area (Å²) in [6.07, 6.45) is 11.2. The fourth-order valence-corrected chi connectivity index (χ4v) is 3.46. The van der Waals surface area contributed by atoms with Crippen molar-refractivity contribution in [2.45, 2.75) is 91.9 Å². The van der Waals surface area contributed by atoms with Crippen LogP contribution in [0.2, 0.25) is 0 Å². The number of benzene rings is 1. The average molecular weight is 359 g/mol. The zero-order valence-corrected chi connectivity index (χ0v) is 17.4. The minimum absolute atomic E-state index is 0.0133. The average Bonchev–Trinajstić information content (AvgIpc) is 2.67. The van der Waals surface area contributed by atoms with Crippen LogP contribution in [0, 0.1) is 11.8 Å². The molecule has 2 atom stereocenters. The van der Waals surface area contributed by atoms with Gasteiger partial charge >= 0.3 is 0 Å². The molecule has 0 spiro atoms. The molecule has 0 N–H and O–H groups in total. The van der Waals surface area contributed by atoms with Crippen LogP contribution >= 0.6 is 0 Å². The number of hydrogen-bond acceptors (Lipinski definition) is 2. The van der Waals surface area contributed by atoms with Crippen molar-refractivity contribution in [3.63, 3.8) is 0 Å². The first kappa shape index (κ1) is 22.6. The highest BCUT2D eigenvalue weighted by Crippen LogP contribution is 2.23. The number of unbranched alkanes of at least 4 members (excludes halogenated alkanes) is 6. The van der Waals surface area contributed by atoms with Gasteiger partial charge in [-0.2, -0.15) is 0 Å². The lowest BCUT2D eigenvalue weighted by Gasteiger charge is -2.16. The molecule has 0 heterocycles. The molecular formula is C24H38O2. The molecule has 1 rings (SSSR count). The van der Waals surface area contributed by atoms with Crippen molar-refractivity contribution in [1.82, 2.24) is 0 Å². The Kier molecular flexibility index (Phi) is 11.2. The third-order valence-electron chi connectivity index (χ3n) is 5.33. The Morgan fingerprint density at radius 3 is 1.42 bits per heavy atom. The standard InChI is InChI=1S/C24H38O2/c1-5-7-9-11-15-19(3)23(25)21-17-13-14-18-22(21)24(26)20(4)16-12-10-8-6-2/h13-14,17-20H,5-12,15-16H2,1-4H3. The largest absolute Gasteiger partial charge is 0.294 e. The summed E-state index contributed by atoms with van der Waals surface area (Å²) in [5, 5.41) is 0. The normalized spacial score (nSPS) is 13.4. The van der Waals surface area contributed by atoms with E-state index in [-0.39, 0.29) is 23.4 Å². The monoisotopic (exact) mass is 358 g/mol. The van der Waals surface area contributed by atoms with Crippen LogP contribution in [0.15, 0.2) is 24.3 Å². The predicted octanol–water partition coefficient (Wildman–Crippen LogP) is 7.27. The molecule has 0 amide bonds. The van der Waals surface area contributed by atoms with Crippen LogP contribution < -0.4 is 0 Å². The lowest BCUT2D eigenvalue weighted by molar-refractivity contribution is 0.0888. The summed E-state index contributed by atoms with van der Waals surface area (Å²) < 4.78 is 0. The zero-order valence-electron chi connectivity index (χ0n) is 17.4. The van der Waals surface area contributed by atoms with Crippen LogP contribution in [0.5, 0.6) is 0 Å². The number of carbonyl (C=O) groups is 2. The molecule has 2 heteroatoms. The summed E-state index contributed by atoms with van der Waals surface area (Å²) >= 11 is 0. The van der Waals surface area contributed by atoms with Gasteiger partial charge in [0.1, 0.15) is 0 Å². The van der Waals surface area contributed by atoms with Gasteiger partial charge in [0.05, 0.1) is 0 Å². The Bertz CT molecular complexity index is 498. The fourth-order valence-electron chi connectivity index (χ4n) is 3.46. The molecule has 0 bridgehead atoms. The second kappa shape index (κ2) is 12.8. The summed E-state index contributed by atoms with van der Waals surface area (Å²) in [6.45, 7) is 8.40. The summed E-state index contributed by atoms with van der Waals surface area (Å²) in [7, 11) is 0. The molecule has 1 aromatic rings. The maximum atomic E-state index is 12.9. The van der Waals surface area contributed by atoms with E-state index in [2.05, 4.69) is 13.8 Å². The minimum atomic E-state index is -0.0133. The van der Waals surface area contributed by atoms with E-state index < -0.39 is 0 Å². The number of rotatable bonds is 14. The van der Waals surface area contributed by atoms with Crippen LogP contribution in [0.4, 0.5) is 0 Å². The Morgan fingerprint density at radius 2 is 1.08 bits per heavy atom. The van der Waals surface area contributed by atoms with Gasteiger partial charge in [0, 0.05) is 23.0 Å². The number of ketones is 2. The molecule has 0 fully saturated rings. The number of hydrogen-bond donors (Lipinski definition) is 0. The first-order chi connectivity index (χ1) is 12.5. The minimum Gasteiger partial charge on any atom is -0.294 e. The summed E-state index contributed by atoms with van der Waals surface area (Å²) in [4.78, 5) is 25.8. The third-order valence-corrected chi connectivity index (χ3v) is 5.33. The van der Waals surface area contributed by atoms with Crippen LogP contribution in [0.3, 0.4) is 0 Å². The topological polar surface area (TPSA) is 34.1 Å². The van der Waals surface area contributed by atoms with Crippen LogP contribution in [0.25, 0.3) is 0 Å². The smallest absolute Gasteiger partial charge is 0.166 e. The summed E-state index contributed by atoms with van der Waals surface area (Å²) in [6, 6.07) is 7.42. The first-order valence-corrected chi connectivity index (χ1v) is 10.7. The third kappa shape index (κ3) is 7.43. The molecule has 0 saturated carbocycles. The second-order valence-electron chi connectivity index (χ2n) is 7.77. The maximum absolute atomic E-state index is 12.9. The highest BCUT2D eigenvalue weighted by Gasteiger charge is 2.23. The van der Waals surface area contributed by atoms with E-state index in [9.17, 15) is 9.59 Å². The van der Waals surface area contributed by atoms with Gasteiger partial charge in [0.15, 0.2) is 11.6 Å². The molecule has 2 nitrogen and oxygen atoms in total. The SMILES string of the molecule is CCCCCCC(C)C(=O)c1ccccc1C(=O)C(C)CCCCCC. The van der Waals surface area contributed by atoms with Gasteiger partial charge in [-0.3, -0.25) is 9.59 Å². The molecule has 0 aliphatic carbocycles. The Balaban J connectivity index is 2.73. The van der Waals surface area contributed by atoms with Crippen molar-refractivity contribution in [3.8, 4) is 0 Å². The van der Waals surface area contributed by atoms with Gasteiger partial charge in [0.25, 0.3) is 0 Å². The van der Waals surface area contributed by atoms with E-state index in [1.165, 1.54) is 38.5 Å². The highest BCUT2D eigenvalue weighted by molar-refractivity contribution is 6.10. The van der Waals surface area contributed by atoms with Gasteiger partial charge in [-0.05, 0) is 12.8 Å². The van der Waals surface area contributed by atoms with Crippen LogP contribution in [0.1, 0.15) is 113 Å². The lowest BCUT2D eigenvalue weighted by Crippen LogP contribution is -2.19. The Morgan fingerprint density at radius 1 is 0.692 bits per heavy atom. The van der Waals surface area contributed by atoms with E-state index in [1.807, 2.05) is 38.1 Å². The van der Waals surface area contributed by atoms with Crippen molar-refractivity contribution >= 4 is 11.6 Å². The van der Waals surface area contributed by atoms with E-state index in [0.29, 0.717) is 11.1 Å². The van der Waals surface area contributed by atoms with E-state index in [1.54, 1.807) is 0 Å². The van der Waals surface area contributed by atoms with Crippen molar-refractivity contribution in [2.24, 2.45) is 11.8 Å². The molecule has 1 aromatic carbocycles. The Labute approximate surface area is 160 Å². The van der Waals surface area contributed by atoms with E-state index >= 15 is 0 Å². The fraction of sp³-hybridized carbons (Fsp3) is 0.667. The molecule has 0 aromatic heterocycles. The van der Waals surface area contributed by atoms with E-state index in [4.69, 9.17) is 0 Å². The van der Waals surface area contributed by atoms with Crippen LogP contribution in [-0.4, -0.2) is 11.6 Å². The molecule has 146 valence electrons. The van der Waals surface area contributed by atoms with E-state index in [0.717, 1.165) is 25.7 Å². The van der Waals surface area contributed by atoms with Crippen molar-refractivity contribution in [2.75, 3.05) is 0 Å². The number of carbonyl (C=O) groups excluding carboxylic acids is 2. The second-order valence-corrected chi connectivity index (χ2v) is 7.77.